The van der Waals surface area contributed by atoms with Crippen molar-refractivity contribution >= 4 is 23.3 Å². The average Bonchev–Trinajstić information content (AvgIpc) is 2.43. The molecule has 0 aliphatic rings. The summed E-state index contributed by atoms with van der Waals surface area (Å²) in [6.07, 6.45) is 1.24. The normalized spacial score (nSPS) is 12.0. The number of pyridine rings is 1. The Morgan fingerprint density at radius 1 is 1.53 bits per heavy atom. The molecule has 1 aromatic heterocycles. The molecule has 1 rings (SSSR count). The molecule has 1 atom stereocenters. The fourth-order valence-electron chi connectivity index (χ4n) is 1.45. The van der Waals surface area contributed by atoms with Gasteiger partial charge >= 0.3 is 0 Å². The summed E-state index contributed by atoms with van der Waals surface area (Å²) in [5, 5.41) is 5.90. The number of aromatic nitrogens is 1. The Hall–Kier alpha value is -1.37. The molecule has 0 aliphatic heterocycles. The number of amides is 1. The van der Waals surface area contributed by atoms with Gasteiger partial charge in [-0.15, -0.1) is 0 Å². The average molecular weight is 288 g/mol. The predicted octanol–water partition coefficient (Wildman–Crippen LogP) is 1.17. The molecule has 19 heavy (non-hydrogen) atoms. The summed E-state index contributed by atoms with van der Waals surface area (Å²) < 4.78 is 10.1. The van der Waals surface area contributed by atoms with Crippen molar-refractivity contribution in [3.05, 3.63) is 22.8 Å². The van der Waals surface area contributed by atoms with Crippen molar-refractivity contribution in [2.75, 3.05) is 39.7 Å². The molecule has 1 unspecified atom stereocenters. The van der Waals surface area contributed by atoms with Gasteiger partial charge in [0.15, 0.2) is 0 Å². The maximum atomic E-state index is 12.0. The smallest absolute Gasteiger partial charge is 0.253 e. The third-order valence-electron chi connectivity index (χ3n) is 2.53. The molecule has 0 saturated carbocycles. The number of anilines is 1. The van der Waals surface area contributed by atoms with E-state index in [0.717, 1.165) is 0 Å². The van der Waals surface area contributed by atoms with E-state index in [2.05, 4.69) is 15.6 Å². The number of rotatable bonds is 7. The summed E-state index contributed by atoms with van der Waals surface area (Å²) in [7, 11) is 4.86. The van der Waals surface area contributed by atoms with Crippen molar-refractivity contribution in [1.29, 1.82) is 0 Å². The third kappa shape index (κ3) is 4.66. The van der Waals surface area contributed by atoms with Crippen LogP contribution in [0.15, 0.2) is 12.3 Å². The molecule has 0 aromatic carbocycles. The van der Waals surface area contributed by atoms with Gasteiger partial charge in [0.05, 0.1) is 23.3 Å². The minimum atomic E-state index is -0.276. The van der Waals surface area contributed by atoms with E-state index in [4.69, 9.17) is 21.1 Å². The molecule has 0 bridgehead atoms. The number of hydrogen-bond donors (Lipinski definition) is 2. The molecular formula is C12H18ClN3O3. The molecule has 7 heteroatoms. The van der Waals surface area contributed by atoms with Crippen LogP contribution in [0.4, 0.5) is 5.82 Å². The second-order valence-electron chi connectivity index (χ2n) is 3.82. The highest BCUT2D eigenvalue weighted by Crippen LogP contribution is 2.17. The van der Waals surface area contributed by atoms with Crippen LogP contribution in [0.25, 0.3) is 0 Å². The van der Waals surface area contributed by atoms with E-state index in [0.29, 0.717) is 29.6 Å². The van der Waals surface area contributed by atoms with Crippen LogP contribution in [0.3, 0.4) is 0 Å². The van der Waals surface area contributed by atoms with E-state index in [1.54, 1.807) is 27.3 Å². The molecular weight excluding hydrogens is 270 g/mol. The minimum absolute atomic E-state index is 0.196. The monoisotopic (exact) mass is 287 g/mol. The molecule has 2 N–H and O–H groups in total. The zero-order chi connectivity index (χ0) is 14.3. The van der Waals surface area contributed by atoms with Gasteiger partial charge in [-0.05, 0) is 6.07 Å². The van der Waals surface area contributed by atoms with Gasteiger partial charge in [-0.1, -0.05) is 11.6 Å². The summed E-state index contributed by atoms with van der Waals surface area (Å²) in [5.74, 6) is 0.303. The molecule has 0 saturated heterocycles. The molecule has 106 valence electrons. The number of halogens is 1. The number of carbonyl (C=O) groups excluding carboxylic acids is 1. The lowest BCUT2D eigenvalue weighted by Crippen LogP contribution is -2.35. The van der Waals surface area contributed by atoms with Gasteiger partial charge in [0.2, 0.25) is 0 Å². The first kappa shape index (κ1) is 15.7. The quantitative estimate of drug-likeness (QED) is 0.787. The van der Waals surface area contributed by atoms with E-state index in [-0.39, 0.29) is 12.0 Å². The van der Waals surface area contributed by atoms with Crippen molar-refractivity contribution in [3.63, 3.8) is 0 Å². The first-order valence-electron chi connectivity index (χ1n) is 5.75. The Morgan fingerprint density at radius 2 is 2.26 bits per heavy atom. The number of methoxy groups -OCH3 is 2. The zero-order valence-corrected chi connectivity index (χ0v) is 12.0. The highest BCUT2D eigenvalue weighted by Gasteiger charge is 2.14. The van der Waals surface area contributed by atoms with Crippen LogP contribution in [0.2, 0.25) is 5.02 Å². The highest BCUT2D eigenvalue weighted by atomic mass is 35.5. The van der Waals surface area contributed by atoms with E-state index in [9.17, 15) is 4.79 Å². The number of nitrogens with one attached hydrogen (secondary N) is 2. The number of hydrogen-bond acceptors (Lipinski definition) is 5. The van der Waals surface area contributed by atoms with Crippen molar-refractivity contribution in [2.45, 2.75) is 6.10 Å². The van der Waals surface area contributed by atoms with E-state index >= 15 is 0 Å². The standard InChI is InChI=1S/C12H18ClN3O3/c1-14-11-4-9(10(13)6-15-11)12(17)16-5-8(19-3)7-18-2/h4,6,8H,5,7H2,1-3H3,(H,14,15)(H,16,17). The number of ether oxygens (including phenoxy) is 2. The molecule has 6 nitrogen and oxygen atoms in total. The summed E-state index contributed by atoms with van der Waals surface area (Å²) in [6, 6.07) is 1.59. The first-order valence-corrected chi connectivity index (χ1v) is 6.13. The summed E-state index contributed by atoms with van der Waals surface area (Å²) in [4.78, 5) is 16.0. The lowest BCUT2D eigenvalue weighted by molar-refractivity contribution is 0.0285. The lowest BCUT2D eigenvalue weighted by atomic mass is 10.2. The fraction of sp³-hybridized carbons (Fsp3) is 0.500. The Kier molecular flexibility index (Phi) is 6.55. The number of nitrogens with zero attached hydrogens (tertiary/aromatic N) is 1. The Balaban J connectivity index is 2.67. The van der Waals surface area contributed by atoms with Crippen molar-refractivity contribution in [3.8, 4) is 0 Å². The first-order chi connectivity index (χ1) is 9.12. The molecule has 0 fully saturated rings. The van der Waals surface area contributed by atoms with Gasteiger partial charge in [-0.25, -0.2) is 4.98 Å². The van der Waals surface area contributed by atoms with Gasteiger partial charge in [-0.2, -0.15) is 0 Å². The van der Waals surface area contributed by atoms with Crippen LogP contribution in [-0.2, 0) is 9.47 Å². The van der Waals surface area contributed by atoms with Crippen LogP contribution < -0.4 is 10.6 Å². The van der Waals surface area contributed by atoms with Crippen molar-refractivity contribution in [2.24, 2.45) is 0 Å². The topological polar surface area (TPSA) is 72.5 Å². The van der Waals surface area contributed by atoms with Crippen LogP contribution in [0, 0.1) is 0 Å². The number of carbonyl (C=O) groups is 1. The molecule has 1 heterocycles. The largest absolute Gasteiger partial charge is 0.382 e. The van der Waals surface area contributed by atoms with Gasteiger partial charge in [0, 0.05) is 34.0 Å². The van der Waals surface area contributed by atoms with Crippen molar-refractivity contribution in [1.82, 2.24) is 10.3 Å². The van der Waals surface area contributed by atoms with Gasteiger partial charge < -0.3 is 20.1 Å². The van der Waals surface area contributed by atoms with Crippen LogP contribution in [0.1, 0.15) is 10.4 Å². The second kappa shape index (κ2) is 7.93. The maximum absolute atomic E-state index is 12.0. The van der Waals surface area contributed by atoms with Crippen LogP contribution in [0.5, 0.6) is 0 Å². The Morgan fingerprint density at radius 3 is 2.84 bits per heavy atom. The predicted molar refractivity (Wildman–Crippen MR) is 73.8 cm³/mol. The molecule has 0 aliphatic carbocycles. The fourth-order valence-corrected chi connectivity index (χ4v) is 1.64. The zero-order valence-electron chi connectivity index (χ0n) is 11.2. The van der Waals surface area contributed by atoms with Crippen molar-refractivity contribution < 1.29 is 14.3 Å². The molecule has 0 radical (unpaired) electrons. The van der Waals surface area contributed by atoms with E-state index < -0.39 is 0 Å². The summed E-state index contributed by atoms with van der Waals surface area (Å²) >= 11 is 5.95. The van der Waals surface area contributed by atoms with Crippen LogP contribution >= 0.6 is 11.6 Å². The van der Waals surface area contributed by atoms with Gasteiger partial charge in [0.1, 0.15) is 5.82 Å². The third-order valence-corrected chi connectivity index (χ3v) is 2.83. The summed E-state index contributed by atoms with van der Waals surface area (Å²) in [5.41, 5.74) is 0.369. The summed E-state index contributed by atoms with van der Waals surface area (Å²) in [6.45, 7) is 0.749. The SMILES string of the molecule is CNc1cc(C(=O)NCC(COC)OC)c(Cl)cn1. The molecule has 1 amide bonds. The molecule has 1 aromatic rings. The minimum Gasteiger partial charge on any atom is -0.382 e. The Bertz CT molecular complexity index is 429. The van der Waals surface area contributed by atoms with Gasteiger partial charge in [-0.3, -0.25) is 4.79 Å². The Labute approximate surface area is 117 Å². The van der Waals surface area contributed by atoms with E-state index in [1.165, 1.54) is 6.20 Å². The maximum Gasteiger partial charge on any atom is 0.253 e. The van der Waals surface area contributed by atoms with Gasteiger partial charge in [0.25, 0.3) is 5.91 Å². The molecule has 0 spiro atoms. The highest BCUT2D eigenvalue weighted by molar-refractivity contribution is 6.33. The lowest BCUT2D eigenvalue weighted by Gasteiger charge is -2.15. The van der Waals surface area contributed by atoms with Crippen LogP contribution in [-0.4, -0.2) is 51.4 Å². The van der Waals surface area contributed by atoms with E-state index in [1.807, 2.05) is 0 Å². The second-order valence-corrected chi connectivity index (χ2v) is 4.23.